The molecular weight excluding hydrogens is 467 g/mol. The predicted octanol–water partition coefficient (Wildman–Crippen LogP) is 6.38. The van der Waals surface area contributed by atoms with Crippen molar-refractivity contribution in [3.8, 4) is 22.9 Å². The minimum Gasteiger partial charge on any atom is -0.493 e. The number of hydrogen-bond donors (Lipinski definition) is 1. The fourth-order valence-corrected chi connectivity index (χ4v) is 3.66. The van der Waals surface area contributed by atoms with Crippen molar-refractivity contribution in [2.24, 2.45) is 5.10 Å². The fraction of sp³-hybridized carbons (Fsp3) is 0.0870. The summed E-state index contributed by atoms with van der Waals surface area (Å²) < 4.78 is 13.2. The Kier molecular flexibility index (Phi) is 6.90. The molecule has 0 atom stereocenters. The average Bonchev–Trinajstić information content (AvgIpc) is 3.17. The van der Waals surface area contributed by atoms with Gasteiger partial charge in [0.25, 0.3) is 0 Å². The van der Waals surface area contributed by atoms with E-state index in [4.69, 9.17) is 44.9 Å². The Balaban J connectivity index is 1.58. The maximum absolute atomic E-state index is 6.33. The van der Waals surface area contributed by atoms with E-state index in [-0.39, 0.29) is 0 Å². The fourth-order valence-electron chi connectivity index (χ4n) is 2.99. The molecule has 4 aromatic rings. The molecule has 6 nitrogen and oxygen atoms in total. The molecule has 0 aliphatic rings. The van der Waals surface area contributed by atoms with E-state index in [1.165, 1.54) is 4.68 Å². The van der Waals surface area contributed by atoms with Gasteiger partial charge in [-0.05, 0) is 59.7 Å². The Morgan fingerprint density at radius 1 is 1.06 bits per heavy atom. The van der Waals surface area contributed by atoms with Crippen molar-refractivity contribution >= 4 is 41.6 Å². The quantitative estimate of drug-likeness (QED) is 0.244. The molecule has 0 bridgehead atoms. The molecule has 1 aromatic heterocycles. The molecule has 4 rings (SSSR count). The van der Waals surface area contributed by atoms with Gasteiger partial charge in [-0.15, -0.1) is 0 Å². The summed E-state index contributed by atoms with van der Waals surface area (Å²) in [6.45, 7) is 0.444. The van der Waals surface area contributed by atoms with Crippen molar-refractivity contribution in [2.45, 2.75) is 6.61 Å². The van der Waals surface area contributed by atoms with Gasteiger partial charge in [0.05, 0.1) is 18.3 Å². The number of nitrogens with zero attached hydrogens (tertiary/aromatic N) is 3. The van der Waals surface area contributed by atoms with Crippen molar-refractivity contribution in [3.63, 3.8) is 0 Å². The van der Waals surface area contributed by atoms with Crippen LogP contribution in [-0.4, -0.2) is 28.2 Å². The molecule has 0 saturated heterocycles. The first-order valence-electron chi connectivity index (χ1n) is 9.57. The largest absolute Gasteiger partial charge is 0.493 e. The summed E-state index contributed by atoms with van der Waals surface area (Å²) >= 11 is 17.6. The molecule has 162 valence electrons. The van der Waals surface area contributed by atoms with Crippen molar-refractivity contribution < 1.29 is 9.47 Å². The Hall–Kier alpha value is -3.13. The second-order valence-corrected chi connectivity index (χ2v) is 7.95. The van der Waals surface area contributed by atoms with E-state index in [0.717, 1.165) is 11.1 Å². The maximum Gasteiger partial charge on any atom is 0.216 e. The number of aromatic nitrogens is 3. The molecule has 1 heterocycles. The Bertz CT molecular complexity index is 1320. The third-order valence-electron chi connectivity index (χ3n) is 4.57. The summed E-state index contributed by atoms with van der Waals surface area (Å²) in [5.74, 6) is 1.71. The van der Waals surface area contributed by atoms with E-state index in [2.05, 4.69) is 15.3 Å². The highest BCUT2D eigenvalue weighted by atomic mass is 35.5. The SMILES string of the molecule is COc1cc(/C=N\n2c(-c3ccc(Cl)cc3Cl)n[nH]c2=S)ccc1OCc1ccccc1. The van der Waals surface area contributed by atoms with E-state index in [0.29, 0.717) is 44.3 Å². The molecule has 0 fully saturated rings. The van der Waals surface area contributed by atoms with E-state index in [1.54, 1.807) is 31.5 Å². The van der Waals surface area contributed by atoms with E-state index >= 15 is 0 Å². The number of hydrogen-bond acceptors (Lipinski definition) is 5. The van der Waals surface area contributed by atoms with Crippen LogP contribution in [0, 0.1) is 4.77 Å². The van der Waals surface area contributed by atoms with E-state index in [9.17, 15) is 0 Å². The number of rotatable bonds is 7. The third-order valence-corrected chi connectivity index (χ3v) is 5.38. The van der Waals surface area contributed by atoms with Crippen molar-refractivity contribution in [3.05, 3.63) is 92.7 Å². The van der Waals surface area contributed by atoms with Crippen LogP contribution in [-0.2, 0) is 6.61 Å². The molecule has 0 radical (unpaired) electrons. The second kappa shape index (κ2) is 9.99. The molecule has 0 aliphatic heterocycles. The number of methoxy groups -OCH3 is 1. The molecule has 32 heavy (non-hydrogen) atoms. The minimum atomic E-state index is 0.331. The number of halogens is 2. The van der Waals surface area contributed by atoms with Crippen LogP contribution in [0.15, 0.2) is 71.8 Å². The van der Waals surface area contributed by atoms with Crippen LogP contribution in [0.5, 0.6) is 11.5 Å². The van der Waals surface area contributed by atoms with Crippen molar-refractivity contribution in [1.82, 2.24) is 14.9 Å². The first-order valence-corrected chi connectivity index (χ1v) is 10.7. The lowest BCUT2D eigenvalue weighted by Gasteiger charge is -2.11. The number of ether oxygens (including phenoxy) is 2. The molecule has 9 heteroatoms. The lowest BCUT2D eigenvalue weighted by atomic mass is 10.2. The normalized spacial score (nSPS) is 11.1. The van der Waals surface area contributed by atoms with Crippen LogP contribution in [0.4, 0.5) is 0 Å². The Morgan fingerprint density at radius 2 is 1.88 bits per heavy atom. The van der Waals surface area contributed by atoms with Gasteiger partial charge >= 0.3 is 0 Å². The summed E-state index contributed by atoms with van der Waals surface area (Å²) in [4.78, 5) is 0. The van der Waals surface area contributed by atoms with Crippen molar-refractivity contribution in [2.75, 3.05) is 7.11 Å². The molecule has 3 aromatic carbocycles. The average molecular weight is 485 g/mol. The summed E-state index contributed by atoms with van der Waals surface area (Å²) in [5, 5.41) is 12.5. The van der Waals surface area contributed by atoms with Crippen LogP contribution in [0.25, 0.3) is 11.4 Å². The van der Waals surface area contributed by atoms with Gasteiger partial charge in [0.15, 0.2) is 17.3 Å². The predicted molar refractivity (Wildman–Crippen MR) is 130 cm³/mol. The standard InChI is InChI=1S/C23H18Cl2N4O2S/c1-30-21-11-16(7-10-20(21)31-14-15-5-3-2-4-6-15)13-26-29-22(27-28-23(29)32)18-9-8-17(24)12-19(18)25/h2-13H,14H2,1H3,(H,28,32)/b26-13-. The smallest absolute Gasteiger partial charge is 0.216 e. The first kappa shape index (κ1) is 22.1. The van der Waals surface area contributed by atoms with Gasteiger partial charge in [-0.25, -0.2) is 5.10 Å². The van der Waals surface area contributed by atoms with Gasteiger partial charge in [-0.2, -0.15) is 14.9 Å². The number of nitrogens with one attached hydrogen (secondary N) is 1. The lowest BCUT2D eigenvalue weighted by molar-refractivity contribution is 0.284. The van der Waals surface area contributed by atoms with Crippen LogP contribution < -0.4 is 9.47 Å². The lowest BCUT2D eigenvalue weighted by Crippen LogP contribution is -1.99. The van der Waals surface area contributed by atoms with Crippen molar-refractivity contribution in [1.29, 1.82) is 0 Å². The third kappa shape index (κ3) is 5.02. The second-order valence-electron chi connectivity index (χ2n) is 6.72. The monoisotopic (exact) mass is 484 g/mol. The highest BCUT2D eigenvalue weighted by Crippen LogP contribution is 2.30. The summed E-state index contributed by atoms with van der Waals surface area (Å²) in [6.07, 6.45) is 1.65. The number of benzene rings is 3. The highest BCUT2D eigenvalue weighted by Gasteiger charge is 2.12. The first-order chi connectivity index (χ1) is 15.5. The summed E-state index contributed by atoms with van der Waals surface area (Å²) in [7, 11) is 1.60. The van der Waals surface area contributed by atoms with Crippen LogP contribution >= 0.6 is 35.4 Å². The molecule has 1 N–H and O–H groups in total. The Morgan fingerprint density at radius 3 is 2.62 bits per heavy atom. The highest BCUT2D eigenvalue weighted by molar-refractivity contribution is 7.71. The topological polar surface area (TPSA) is 64.4 Å². The molecule has 0 spiro atoms. The minimum absolute atomic E-state index is 0.331. The Labute approximate surface area is 200 Å². The summed E-state index contributed by atoms with van der Waals surface area (Å²) in [5.41, 5.74) is 2.52. The zero-order chi connectivity index (χ0) is 22.5. The van der Waals surface area contributed by atoms with E-state index in [1.807, 2.05) is 48.5 Å². The number of aromatic amines is 1. The van der Waals surface area contributed by atoms with Gasteiger partial charge in [0.1, 0.15) is 6.61 Å². The van der Waals surface area contributed by atoms with Gasteiger partial charge in [-0.1, -0.05) is 53.5 Å². The molecule has 0 aliphatic carbocycles. The molecular formula is C23H18Cl2N4O2S. The van der Waals surface area contributed by atoms with E-state index < -0.39 is 0 Å². The van der Waals surface area contributed by atoms with Gasteiger partial charge < -0.3 is 9.47 Å². The van der Waals surface area contributed by atoms with Crippen LogP contribution in [0.1, 0.15) is 11.1 Å². The molecule has 0 saturated carbocycles. The molecule has 0 amide bonds. The van der Waals surface area contributed by atoms with Gasteiger partial charge in [-0.3, -0.25) is 0 Å². The zero-order valence-corrected chi connectivity index (χ0v) is 19.3. The maximum atomic E-state index is 6.33. The molecule has 0 unspecified atom stereocenters. The van der Waals surface area contributed by atoms with Gasteiger partial charge in [0.2, 0.25) is 4.77 Å². The van der Waals surface area contributed by atoms with Gasteiger partial charge in [0, 0.05) is 10.6 Å². The number of H-pyrrole nitrogens is 1. The van der Waals surface area contributed by atoms with Crippen LogP contribution in [0.3, 0.4) is 0 Å². The zero-order valence-electron chi connectivity index (χ0n) is 17.0. The van der Waals surface area contributed by atoms with Crippen LogP contribution in [0.2, 0.25) is 10.0 Å². The summed E-state index contributed by atoms with van der Waals surface area (Å²) in [6, 6.07) is 20.6.